The number of ether oxygens (including phenoxy) is 1. The number of aryl methyl sites for hydroxylation is 1. The van der Waals surface area contributed by atoms with Crippen molar-refractivity contribution < 1.29 is 22.3 Å². The molecule has 0 spiro atoms. The molecule has 0 unspecified atom stereocenters. The fraction of sp³-hybridized carbons (Fsp3) is 0.375. The zero-order valence-electron chi connectivity index (χ0n) is 13.3. The molecule has 0 atom stereocenters. The number of halogens is 4. The van der Waals surface area contributed by atoms with E-state index in [1.807, 2.05) is 27.7 Å². The van der Waals surface area contributed by atoms with Crippen LogP contribution in [0.5, 0.6) is 5.75 Å². The van der Waals surface area contributed by atoms with Crippen LogP contribution in [-0.2, 0) is 0 Å². The van der Waals surface area contributed by atoms with E-state index in [1.165, 1.54) is 12.1 Å². The minimum atomic E-state index is -3.23. The number of nitrogens with two attached hydrogens (primary N) is 1. The maximum absolute atomic E-state index is 13.5. The Balaban J connectivity index is 0.00000102. The fourth-order valence-electron chi connectivity index (χ4n) is 1.89. The molecule has 0 saturated heterocycles. The van der Waals surface area contributed by atoms with Crippen molar-refractivity contribution in [2.75, 3.05) is 5.73 Å². The summed E-state index contributed by atoms with van der Waals surface area (Å²) in [5.74, 6) is -3.49. The zero-order chi connectivity index (χ0) is 17.4. The molecule has 0 fully saturated rings. The number of hydrogen-bond donors (Lipinski definition) is 1. The van der Waals surface area contributed by atoms with Gasteiger partial charge < -0.3 is 10.5 Å². The van der Waals surface area contributed by atoms with Gasteiger partial charge in [0, 0.05) is 11.1 Å². The van der Waals surface area contributed by atoms with Crippen molar-refractivity contribution in [3.8, 4) is 5.75 Å². The smallest absolute Gasteiger partial charge is 0.387 e. The number of hydrogen-bond acceptors (Lipinski definition) is 2. The highest BCUT2D eigenvalue weighted by Crippen LogP contribution is 2.35. The number of benzene rings is 2. The lowest BCUT2D eigenvalue weighted by Gasteiger charge is -2.12. The third kappa shape index (κ3) is 4.51. The van der Waals surface area contributed by atoms with E-state index in [1.54, 1.807) is 6.92 Å². The Kier molecular flexibility index (Phi) is 8.30. The summed E-state index contributed by atoms with van der Waals surface area (Å²) in [5.41, 5.74) is 6.32. The third-order valence-corrected chi connectivity index (χ3v) is 2.51. The summed E-state index contributed by atoms with van der Waals surface area (Å²) >= 11 is 0. The van der Waals surface area contributed by atoms with Gasteiger partial charge >= 0.3 is 6.61 Å². The highest BCUT2D eigenvalue weighted by molar-refractivity contribution is 5.93. The molecule has 2 aromatic rings. The Labute approximate surface area is 127 Å². The third-order valence-electron chi connectivity index (χ3n) is 2.51. The Hall–Kier alpha value is -1.98. The van der Waals surface area contributed by atoms with Crippen LogP contribution >= 0.6 is 0 Å². The van der Waals surface area contributed by atoms with Crippen molar-refractivity contribution in [3.63, 3.8) is 0 Å². The summed E-state index contributed by atoms with van der Waals surface area (Å²) in [5, 5.41) is 0.297. The second kappa shape index (κ2) is 9.12. The van der Waals surface area contributed by atoms with Gasteiger partial charge in [-0.05, 0) is 36.1 Å². The molecule has 0 aliphatic heterocycles. The topological polar surface area (TPSA) is 35.2 Å². The molecule has 0 heterocycles. The van der Waals surface area contributed by atoms with Gasteiger partial charge in [-0.15, -0.1) is 0 Å². The maximum Gasteiger partial charge on any atom is 0.387 e. The lowest BCUT2D eigenvalue weighted by atomic mass is 10.0. The molecule has 0 bridgehead atoms. The summed E-state index contributed by atoms with van der Waals surface area (Å²) in [6, 6.07) is 3.73. The lowest BCUT2D eigenvalue weighted by molar-refractivity contribution is -0.0513. The molecule has 0 aromatic heterocycles. The molecular formula is C16H21F4NO. The van der Waals surface area contributed by atoms with E-state index in [-0.39, 0.29) is 10.8 Å². The molecule has 0 radical (unpaired) electrons. The second-order valence-corrected chi connectivity index (χ2v) is 3.82. The largest absolute Gasteiger partial charge is 0.431 e. The molecule has 0 aliphatic rings. The minimum Gasteiger partial charge on any atom is -0.431 e. The number of anilines is 1. The minimum absolute atomic E-state index is 0.0865. The standard InChI is InChI=1S/C12H9F4NO.2C2H6/c1-5-2-7(17)3-6-4-8(13)10(14)11(9(5)6)18-12(15)16;2*1-2/h2-4,12H,17H2,1H3;2*1-2H3. The summed E-state index contributed by atoms with van der Waals surface area (Å²) in [6.45, 7) is 6.32. The van der Waals surface area contributed by atoms with Gasteiger partial charge in [0.25, 0.3) is 0 Å². The van der Waals surface area contributed by atoms with E-state index in [0.717, 1.165) is 6.07 Å². The van der Waals surface area contributed by atoms with E-state index < -0.39 is 24.0 Å². The molecule has 6 heteroatoms. The van der Waals surface area contributed by atoms with Gasteiger partial charge in [0.2, 0.25) is 5.82 Å². The second-order valence-electron chi connectivity index (χ2n) is 3.82. The van der Waals surface area contributed by atoms with Crippen molar-refractivity contribution in [2.45, 2.75) is 41.2 Å². The Morgan fingerprint density at radius 2 is 1.55 bits per heavy atom. The summed E-state index contributed by atoms with van der Waals surface area (Å²) in [4.78, 5) is 0. The van der Waals surface area contributed by atoms with Gasteiger partial charge in [0.1, 0.15) is 0 Å². The van der Waals surface area contributed by atoms with E-state index in [0.29, 0.717) is 11.3 Å². The average molecular weight is 319 g/mol. The SMILES string of the molecule is CC.CC.Cc1cc(N)cc2cc(F)c(F)c(OC(F)F)c12. The van der Waals surface area contributed by atoms with Crippen molar-refractivity contribution in [3.05, 3.63) is 35.4 Å². The zero-order valence-corrected chi connectivity index (χ0v) is 13.3. The van der Waals surface area contributed by atoms with E-state index in [4.69, 9.17) is 5.73 Å². The van der Waals surface area contributed by atoms with Crippen molar-refractivity contribution >= 4 is 16.5 Å². The van der Waals surface area contributed by atoms with Crippen LogP contribution < -0.4 is 10.5 Å². The van der Waals surface area contributed by atoms with Crippen molar-refractivity contribution in [1.29, 1.82) is 0 Å². The first-order valence-electron chi connectivity index (χ1n) is 7.02. The monoisotopic (exact) mass is 319 g/mol. The predicted octanol–water partition coefficient (Wildman–Crippen LogP) is 5.66. The fourth-order valence-corrected chi connectivity index (χ4v) is 1.89. The van der Waals surface area contributed by atoms with Crippen molar-refractivity contribution in [1.82, 2.24) is 0 Å². The molecule has 124 valence electrons. The molecule has 2 rings (SSSR count). The van der Waals surface area contributed by atoms with E-state index in [9.17, 15) is 17.6 Å². The number of alkyl halides is 2. The quantitative estimate of drug-likeness (QED) is 0.572. The van der Waals surface area contributed by atoms with Crippen LogP contribution in [0.15, 0.2) is 18.2 Å². The maximum atomic E-state index is 13.5. The first-order valence-corrected chi connectivity index (χ1v) is 7.02. The first kappa shape index (κ1) is 20.0. The molecule has 0 aliphatic carbocycles. The van der Waals surface area contributed by atoms with Crippen LogP contribution in [0.4, 0.5) is 23.2 Å². The van der Waals surface area contributed by atoms with Crippen LogP contribution in [0.2, 0.25) is 0 Å². The molecule has 22 heavy (non-hydrogen) atoms. The summed E-state index contributed by atoms with van der Waals surface area (Å²) in [6.07, 6.45) is 0. The Morgan fingerprint density at radius 1 is 1.00 bits per heavy atom. The lowest BCUT2D eigenvalue weighted by Crippen LogP contribution is -2.06. The molecule has 2 nitrogen and oxygen atoms in total. The van der Waals surface area contributed by atoms with Gasteiger partial charge in [-0.1, -0.05) is 27.7 Å². The average Bonchev–Trinajstić information content (AvgIpc) is 2.47. The Bertz CT molecular complexity index is 615. The molecule has 0 amide bonds. The van der Waals surface area contributed by atoms with Gasteiger partial charge in [-0.2, -0.15) is 13.2 Å². The summed E-state index contributed by atoms with van der Waals surface area (Å²) < 4.78 is 55.3. The number of nitrogen functional groups attached to an aromatic ring is 1. The van der Waals surface area contributed by atoms with E-state index >= 15 is 0 Å². The predicted molar refractivity (Wildman–Crippen MR) is 82.3 cm³/mol. The Morgan fingerprint density at radius 3 is 2.05 bits per heavy atom. The van der Waals surface area contributed by atoms with Crippen LogP contribution in [0.25, 0.3) is 10.8 Å². The molecule has 0 saturated carbocycles. The van der Waals surface area contributed by atoms with Crippen LogP contribution in [0.1, 0.15) is 33.3 Å². The first-order chi connectivity index (χ1) is 10.4. The molecule has 2 N–H and O–H groups in total. The normalized spacial score (nSPS) is 9.73. The molecular weight excluding hydrogens is 298 g/mol. The number of fused-ring (bicyclic) bond motifs is 1. The van der Waals surface area contributed by atoms with Crippen LogP contribution in [0.3, 0.4) is 0 Å². The van der Waals surface area contributed by atoms with Crippen LogP contribution in [-0.4, -0.2) is 6.61 Å². The molecule has 2 aromatic carbocycles. The highest BCUT2D eigenvalue weighted by atomic mass is 19.3. The number of rotatable bonds is 2. The van der Waals surface area contributed by atoms with Gasteiger partial charge in [0.05, 0.1) is 0 Å². The summed E-state index contributed by atoms with van der Waals surface area (Å²) in [7, 11) is 0. The van der Waals surface area contributed by atoms with Crippen LogP contribution in [0, 0.1) is 18.6 Å². The highest BCUT2D eigenvalue weighted by Gasteiger charge is 2.20. The van der Waals surface area contributed by atoms with E-state index in [2.05, 4.69) is 4.74 Å². The van der Waals surface area contributed by atoms with Gasteiger partial charge in [-0.3, -0.25) is 0 Å². The van der Waals surface area contributed by atoms with Gasteiger partial charge in [-0.25, -0.2) is 4.39 Å². The van der Waals surface area contributed by atoms with Crippen molar-refractivity contribution in [2.24, 2.45) is 0 Å². The van der Waals surface area contributed by atoms with Gasteiger partial charge in [0.15, 0.2) is 11.6 Å².